The summed E-state index contributed by atoms with van der Waals surface area (Å²) in [5, 5.41) is 3.86. The van der Waals surface area contributed by atoms with Gasteiger partial charge in [-0.25, -0.2) is 0 Å². The summed E-state index contributed by atoms with van der Waals surface area (Å²) in [6.45, 7) is 2.23. The zero-order valence-electron chi connectivity index (χ0n) is 7.86. The van der Waals surface area contributed by atoms with Crippen LogP contribution in [-0.4, -0.2) is 10.1 Å². The first-order chi connectivity index (χ1) is 6.29. The topological polar surface area (TPSA) is 64.9 Å². The molecule has 13 heavy (non-hydrogen) atoms. The molecule has 0 saturated heterocycles. The summed E-state index contributed by atoms with van der Waals surface area (Å²) in [7, 11) is 0. The molecule has 0 aliphatic heterocycles. The van der Waals surface area contributed by atoms with E-state index >= 15 is 0 Å². The second-order valence-electron chi connectivity index (χ2n) is 3.78. The molecule has 0 aromatic carbocycles. The van der Waals surface area contributed by atoms with Crippen LogP contribution in [0.5, 0.6) is 0 Å². The quantitative estimate of drug-likeness (QED) is 0.757. The van der Waals surface area contributed by atoms with E-state index in [-0.39, 0.29) is 6.01 Å². The Hall–Kier alpha value is -1.06. The van der Waals surface area contributed by atoms with Crippen molar-refractivity contribution in [3.63, 3.8) is 0 Å². The minimum atomic E-state index is 0.190. The van der Waals surface area contributed by atoms with Gasteiger partial charge in [0.25, 0.3) is 0 Å². The summed E-state index contributed by atoms with van der Waals surface area (Å²) in [6.07, 6.45) is 4.91. The van der Waals surface area contributed by atoms with E-state index in [1.54, 1.807) is 0 Å². The van der Waals surface area contributed by atoms with Crippen LogP contribution in [0.2, 0.25) is 0 Å². The van der Waals surface area contributed by atoms with Crippen LogP contribution in [0.25, 0.3) is 0 Å². The lowest BCUT2D eigenvalue weighted by Gasteiger charge is -2.04. The molecule has 1 aliphatic carbocycles. The zero-order valence-corrected chi connectivity index (χ0v) is 7.86. The number of nitrogens with two attached hydrogens (primary N) is 1. The van der Waals surface area contributed by atoms with Gasteiger partial charge in [0.1, 0.15) is 0 Å². The first kappa shape index (κ1) is 8.53. The van der Waals surface area contributed by atoms with Gasteiger partial charge >= 0.3 is 6.01 Å². The standard InChI is InChI=1S/C9H15N3O/c1-2-6-3-4-7(5-6)8-11-9(10)13-12-8/h6-7H,2-5H2,1H3,(H2,10,11,12). The largest absolute Gasteiger partial charge is 0.351 e. The highest BCUT2D eigenvalue weighted by Gasteiger charge is 2.27. The maximum atomic E-state index is 5.37. The van der Waals surface area contributed by atoms with Crippen LogP contribution in [0.1, 0.15) is 44.3 Å². The van der Waals surface area contributed by atoms with Crippen molar-refractivity contribution in [1.82, 2.24) is 10.1 Å². The van der Waals surface area contributed by atoms with Gasteiger partial charge in [-0.3, -0.25) is 0 Å². The fourth-order valence-electron chi connectivity index (χ4n) is 2.09. The first-order valence-corrected chi connectivity index (χ1v) is 4.88. The van der Waals surface area contributed by atoms with E-state index in [0.29, 0.717) is 5.92 Å². The number of rotatable bonds is 2. The molecule has 72 valence electrons. The molecule has 0 spiro atoms. The molecule has 1 aliphatic rings. The van der Waals surface area contributed by atoms with E-state index in [1.807, 2.05) is 0 Å². The Bertz CT molecular complexity index is 284. The van der Waals surface area contributed by atoms with Gasteiger partial charge in [0.05, 0.1) is 0 Å². The molecule has 2 N–H and O–H groups in total. The number of anilines is 1. The lowest BCUT2D eigenvalue weighted by atomic mass is 10.0. The van der Waals surface area contributed by atoms with Gasteiger partial charge in [-0.05, 0) is 25.2 Å². The Kier molecular flexibility index (Phi) is 2.20. The molecule has 4 heteroatoms. The van der Waals surface area contributed by atoms with E-state index in [1.165, 1.54) is 25.7 Å². The van der Waals surface area contributed by atoms with Crippen LogP contribution in [0.3, 0.4) is 0 Å². The number of aromatic nitrogens is 2. The van der Waals surface area contributed by atoms with Gasteiger partial charge in [-0.1, -0.05) is 18.5 Å². The molecule has 0 amide bonds. The Labute approximate surface area is 77.5 Å². The van der Waals surface area contributed by atoms with E-state index in [2.05, 4.69) is 17.1 Å². The molecule has 4 nitrogen and oxygen atoms in total. The Morgan fingerprint density at radius 1 is 1.54 bits per heavy atom. The summed E-state index contributed by atoms with van der Waals surface area (Å²) in [6, 6.07) is 0.190. The molecule has 1 heterocycles. The molecule has 1 fully saturated rings. The average molecular weight is 181 g/mol. The molecular formula is C9H15N3O. The Morgan fingerprint density at radius 3 is 2.92 bits per heavy atom. The van der Waals surface area contributed by atoms with Gasteiger partial charge in [0.15, 0.2) is 5.82 Å². The summed E-state index contributed by atoms with van der Waals surface area (Å²) >= 11 is 0. The van der Waals surface area contributed by atoms with Crippen molar-refractivity contribution in [1.29, 1.82) is 0 Å². The molecule has 2 atom stereocenters. The molecule has 1 aromatic heterocycles. The van der Waals surface area contributed by atoms with Crippen molar-refractivity contribution < 1.29 is 4.52 Å². The predicted octanol–water partition coefficient (Wildman–Crippen LogP) is 1.95. The molecule has 1 aromatic rings. The van der Waals surface area contributed by atoms with E-state index < -0.39 is 0 Å². The van der Waals surface area contributed by atoms with Crippen molar-refractivity contribution in [2.75, 3.05) is 5.73 Å². The van der Waals surface area contributed by atoms with E-state index in [9.17, 15) is 0 Å². The highest BCUT2D eigenvalue weighted by atomic mass is 16.5. The zero-order chi connectivity index (χ0) is 9.26. The van der Waals surface area contributed by atoms with Crippen molar-refractivity contribution >= 4 is 6.01 Å². The molecule has 0 bridgehead atoms. The van der Waals surface area contributed by atoms with Crippen LogP contribution in [0, 0.1) is 5.92 Å². The van der Waals surface area contributed by atoms with Crippen molar-refractivity contribution in [2.45, 2.75) is 38.5 Å². The third-order valence-corrected chi connectivity index (χ3v) is 2.94. The fourth-order valence-corrected chi connectivity index (χ4v) is 2.09. The number of nitrogen functional groups attached to an aromatic ring is 1. The van der Waals surface area contributed by atoms with Gasteiger partial charge in [0, 0.05) is 5.92 Å². The van der Waals surface area contributed by atoms with Gasteiger partial charge in [-0.2, -0.15) is 4.98 Å². The SMILES string of the molecule is CCC1CCC(c2noc(N)n2)C1. The highest BCUT2D eigenvalue weighted by molar-refractivity contribution is 5.10. The average Bonchev–Trinajstić information content (AvgIpc) is 2.71. The Morgan fingerprint density at radius 2 is 2.38 bits per heavy atom. The van der Waals surface area contributed by atoms with Gasteiger partial charge in [0.2, 0.25) is 0 Å². The third-order valence-electron chi connectivity index (χ3n) is 2.94. The second-order valence-corrected chi connectivity index (χ2v) is 3.78. The molecule has 1 saturated carbocycles. The van der Waals surface area contributed by atoms with E-state index in [0.717, 1.165) is 11.7 Å². The monoisotopic (exact) mass is 181 g/mol. The normalized spacial score (nSPS) is 28.1. The second kappa shape index (κ2) is 3.36. The predicted molar refractivity (Wildman–Crippen MR) is 49.1 cm³/mol. The van der Waals surface area contributed by atoms with Crippen LogP contribution in [-0.2, 0) is 0 Å². The summed E-state index contributed by atoms with van der Waals surface area (Å²) in [5.74, 6) is 2.11. The first-order valence-electron chi connectivity index (χ1n) is 4.88. The molecule has 2 rings (SSSR count). The van der Waals surface area contributed by atoms with Crippen molar-refractivity contribution in [2.24, 2.45) is 5.92 Å². The van der Waals surface area contributed by atoms with E-state index in [4.69, 9.17) is 10.3 Å². The number of nitrogens with zero attached hydrogens (tertiary/aromatic N) is 2. The van der Waals surface area contributed by atoms with Crippen LogP contribution in [0.15, 0.2) is 4.52 Å². The lowest BCUT2D eigenvalue weighted by Crippen LogP contribution is -1.97. The highest BCUT2D eigenvalue weighted by Crippen LogP contribution is 2.38. The minimum Gasteiger partial charge on any atom is -0.351 e. The molecular weight excluding hydrogens is 166 g/mol. The molecule has 2 unspecified atom stereocenters. The van der Waals surface area contributed by atoms with Crippen molar-refractivity contribution in [3.8, 4) is 0 Å². The van der Waals surface area contributed by atoms with Crippen LogP contribution in [0.4, 0.5) is 6.01 Å². The van der Waals surface area contributed by atoms with Crippen LogP contribution < -0.4 is 5.73 Å². The number of hydrogen-bond donors (Lipinski definition) is 1. The number of hydrogen-bond acceptors (Lipinski definition) is 4. The maximum Gasteiger partial charge on any atom is 0.318 e. The van der Waals surface area contributed by atoms with Crippen LogP contribution >= 0.6 is 0 Å². The molecule has 0 radical (unpaired) electrons. The van der Waals surface area contributed by atoms with Gasteiger partial charge < -0.3 is 10.3 Å². The summed E-state index contributed by atoms with van der Waals surface area (Å²) in [4.78, 5) is 4.06. The minimum absolute atomic E-state index is 0.190. The smallest absolute Gasteiger partial charge is 0.318 e. The van der Waals surface area contributed by atoms with Gasteiger partial charge in [-0.15, -0.1) is 0 Å². The fraction of sp³-hybridized carbons (Fsp3) is 0.778. The van der Waals surface area contributed by atoms with Crippen molar-refractivity contribution in [3.05, 3.63) is 5.82 Å². The summed E-state index contributed by atoms with van der Waals surface area (Å²) in [5.41, 5.74) is 5.37. The lowest BCUT2D eigenvalue weighted by molar-refractivity contribution is 0.417. The third kappa shape index (κ3) is 1.66. The summed E-state index contributed by atoms with van der Waals surface area (Å²) < 4.78 is 4.76. The maximum absolute atomic E-state index is 5.37. The Balaban J connectivity index is 2.03.